The lowest BCUT2D eigenvalue weighted by atomic mass is 10.0. The van der Waals surface area contributed by atoms with Gasteiger partial charge in [-0.05, 0) is 49.2 Å². The van der Waals surface area contributed by atoms with E-state index in [1.807, 2.05) is 56.3 Å². The highest BCUT2D eigenvalue weighted by Gasteiger charge is 2.07. The van der Waals surface area contributed by atoms with Crippen molar-refractivity contribution in [2.45, 2.75) is 18.7 Å². The molecule has 0 unspecified atom stereocenters. The van der Waals surface area contributed by atoms with Crippen LogP contribution in [0.15, 0.2) is 47.4 Å². The Hall–Kier alpha value is -1.25. The summed E-state index contributed by atoms with van der Waals surface area (Å²) in [5.41, 5.74) is 3.13. The normalized spacial score (nSPS) is 10.5. The first-order chi connectivity index (χ1) is 9.06. The molecule has 0 N–H and O–H groups in total. The zero-order valence-corrected chi connectivity index (χ0v) is 12.5. The topological polar surface area (TPSA) is 17.1 Å². The van der Waals surface area contributed by atoms with Crippen molar-refractivity contribution in [2.75, 3.05) is 5.75 Å². The van der Waals surface area contributed by atoms with Gasteiger partial charge >= 0.3 is 0 Å². The van der Waals surface area contributed by atoms with Crippen molar-refractivity contribution < 1.29 is 4.79 Å². The molecule has 19 heavy (non-hydrogen) atoms. The van der Waals surface area contributed by atoms with Gasteiger partial charge in [0.05, 0.1) is 5.75 Å². The van der Waals surface area contributed by atoms with Gasteiger partial charge in [-0.3, -0.25) is 4.79 Å². The van der Waals surface area contributed by atoms with Gasteiger partial charge in [0.2, 0.25) is 0 Å². The van der Waals surface area contributed by atoms with Crippen LogP contribution in [0.4, 0.5) is 0 Å². The maximum atomic E-state index is 12.1. The molecule has 3 heteroatoms. The minimum absolute atomic E-state index is 0.146. The number of benzene rings is 2. The van der Waals surface area contributed by atoms with Crippen LogP contribution in [0.2, 0.25) is 5.02 Å². The highest BCUT2D eigenvalue weighted by atomic mass is 35.5. The summed E-state index contributed by atoms with van der Waals surface area (Å²) in [4.78, 5) is 13.1. The summed E-state index contributed by atoms with van der Waals surface area (Å²) in [5.74, 6) is 0.580. The molecule has 1 nitrogen and oxygen atoms in total. The maximum absolute atomic E-state index is 12.1. The molecular formula is C16H15ClOS. The van der Waals surface area contributed by atoms with Crippen molar-refractivity contribution in [3.63, 3.8) is 0 Å². The number of hydrogen-bond acceptors (Lipinski definition) is 2. The van der Waals surface area contributed by atoms with Gasteiger partial charge in [0.25, 0.3) is 0 Å². The molecule has 98 valence electrons. The van der Waals surface area contributed by atoms with Crippen molar-refractivity contribution in [2.24, 2.45) is 0 Å². The van der Waals surface area contributed by atoms with E-state index in [4.69, 9.17) is 11.6 Å². The Kier molecular flexibility index (Phi) is 4.67. The second-order valence-electron chi connectivity index (χ2n) is 4.47. The highest BCUT2D eigenvalue weighted by molar-refractivity contribution is 8.00. The maximum Gasteiger partial charge on any atom is 0.173 e. The Balaban J connectivity index is 2.03. The molecule has 0 aromatic heterocycles. The third-order valence-electron chi connectivity index (χ3n) is 2.99. The Morgan fingerprint density at radius 1 is 1.11 bits per heavy atom. The van der Waals surface area contributed by atoms with Gasteiger partial charge in [0.15, 0.2) is 5.78 Å². The molecule has 0 aliphatic carbocycles. The van der Waals surface area contributed by atoms with Gasteiger partial charge in [0.1, 0.15) is 0 Å². The molecule has 0 bridgehead atoms. The minimum Gasteiger partial charge on any atom is -0.293 e. The summed E-state index contributed by atoms with van der Waals surface area (Å²) in [6.07, 6.45) is 0. The zero-order valence-electron chi connectivity index (χ0n) is 10.9. The smallest absolute Gasteiger partial charge is 0.173 e. The van der Waals surface area contributed by atoms with E-state index in [9.17, 15) is 4.79 Å². The predicted molar refractivity (Wildman–Crippen MR) is 82.4 cm³/mol. The van der Waals surface area contributed by atoms with E-state index in [-0.39, 0.29) is 5.78 Å². The molecule has 0 heterocycles. The third kappa shape index (κ3) is 3.85. The number of hydrogen-bond donors (Lipinski definition) is 0. The van der Waals surface area contributed by atoms with Gasteiger partial charge in [-0.1, -0.05) is 29.8 Å². The fourth-order valence-corrected chi connectivity index (χ4v) is 2.81. The van der Waals surface area contributed by atoms with E-state index in [1.165, 1.54) is 17.3 Å². The average Bonchev–Trinajstić information content (AvgIpc) is 2.39. The van der Waals surface area contributed by atoms with Gasteiger partial charge in [-0.15, -0.1) is 11.8 Å². The monoisotopic (exact) mass is 290 g/mol. The second kappa shape index (κ2) is 6.27. The largest absolute Gasteiger partial charge is 0.293 e. The highest BCUT2D eigenvalue weighted by Crippen LogP contribution is 2.22. The number of carbonyl (C=O) groups is 1. The van der Waals surface area contributed by atoms with Crippen molar-refractivity contribution in [1.29, 1.82) is 0 Å². The molecule has 0 fully saturated rings. The quantitative estimate of drug-likeness (QED) is 0.586. The van der Waals surface area contributed by atoms with Gasteiger partial charge in [-0.2, -0.15) is 0 Å². The molecule has 0 spiro atoms. The number of aryl methyl sites for hydroxylation is 2. The predicted octanol–water partition coefficient (Wildman–Crippen LogP) is 4.93. The van der Waals surface area contributed by atoms with Crippen LogP contribution < -0.4 is 0 Å². The third-order valence-corrected chi connectivity index (χ3v) is 4.22. The number of halogens is 1. The van der Waals surface area contributed by atoms with E-state index in [1.54, 1.807) is 0 Å². The SMILES string of the molecule is Cc1ccc(C(=O)CSc2cccc(Cl)c2)cc1C. The number of carbonyl (C=O) groups excluding carboxylic acids is 1. The first-order valence-corrected chi connectivity index (χ1v) is 7.41. The molecule has 0 amide bonds. The number of thioether (sulfide) groups is 1. The summed E-state index contributed by atoms with van der Waals surface area (Å²) < 4.78 is 0. The number of Topliss-reactive ketones (excluding diaryl/α,β-unsaturated/α-hetero) is 1. The molecule has 0 atom stereocenters. The van der Waals surface area contributed by atoms with Crippen LogP contribution in [-0.4, -0.2) is 11.5 Å². The summed E-state index contributed by atoms with van der Waals surface area (Å²) in [6, 6.07) is 13.4. The van der Waals surface area contributed by atoms with Gasteiger partial charge in [0, 0.05) is 15.5 Å². The van der Waals surface area contributed by atoms with Crippen LogP contribution in [0.1, 0.15) is 21.5 Å². The molecule has 0 aliphatic heterocycles. The van der Waals surface area contributed by atoms with E-state index < -0.39 is 0 Å². The van der Waals surface area contributed by atoms with Crippen LogP contribution in [-0.2, 0) is 0 Å². The summed E-state index contributed by atoms with van der Waals surface area (Å²) in [7, 11) is 0. The Morgan fingerprint density at radius 3 is 2.58 bits per heavy atom. The first kappa shape index (κ1) is 14.2. The van der Waals surface area contributed by atoms with Crippen molar-refractivity contribution in [1.82, 2.24) is 0 Å². The van der Waals surface area contributed by atoms with Crippen LogP contribution in [0, 0.1) is 13.8 Å². The fourth-order valence-electron chi connectivity index (χ4n) is 1.70. The van der Waals surface area contributed by atoms with E-state index in [2.05, 4.69) is 0 Å². The Bertz CT molecular complexity index is 607. The molecule has 0 aliphatic rings. The first-order valence-electron chi connectivity index (χ1n) is 6.05. The lowest BCUT2D eigenvalue weighted by Crippen LogP contribution is -2.03. The van der Waals surface area contributed by atoms with Crippen molar-refractivity contribution in [3.05, 3.63) is 64.2 Å². The Labute approximate surface area is 123 Å². The lowest BCUT2D eigenvalue weighted by Gasteiger charge is -2.05. The van der Waals surface area contributed by atoms with Gasteiger partial charge < -0.3 is 0 Å². The van der Waals surface area contributed by atoms with Crippen molar-refractivity contribution >= 4 is 29.1 Å². The number of rotatable bonds is 4. The summed E-state index contributed by atoms with van der Waals surface area (Å²) >= 11 is 7.43. The fraction of sp³-hybridized carbons (Fsp3) is 0.188. The van der Waals surface area contributed by atoms with E-state index in [0.29, 0.717) is 10.8 Å². The van der Waals surface area contributed by atoms with E-state index >= 15 is 0 Å². The lowest BCUT2D eigenvalue weighted by molar-refractivity contribution is 0.102. The Morgan fingerprint density at radius 2 is 1.89 bits per heavy atom. The van der Waals surface area contributed by atoms with E-state index in [0.717, 1.165) is 16.0 Å². The number of ketones is 1. The average molecular weight is 291 g/mol. The molecule has 2 aromatic rings. The molecule has 0 radical (unpaired) electrons. The summed E-state index contributed by atoms with van der Waals surface area (Å²) in [6.45, 7) is 4.07. The van der Waals surface area contributed by atoms with Crippen LogP contribution in [0.5, 0.6) is 0 Å². The van der Waals surface area contributed by atoms with Crippen LogP contribution in [0.3, 0.4) is 0 Å². The molecular weight excluding hydrogens is 276 g/mol. The zero-order chi connectivity index (χ0) is 13.8. The minimum atomic E-state index is 0.146. The van der Waals surface area contributed by atoms with Crippen molar-refractivity contribution in [3.8, 4) is 0 Å². The molecule has 0 saturated heterocycles. The standard InChI is InChI=1S/C16H15ClOS/c1-11-6-7-13(8-12(11)2)16(18)10-19-15-5-3-4-14(17)9-15/h3-9H,10H2,1-2H3. The molecule has 2 aromatic carbocycles. The van der Waals surface area contributed by atoms with Gasteiger partial charge in [-0.25, -0.2) is 0 Å². The molecule has 2 rings (SSSR count). The van der Waals surface area contributed by atoms with Crippen LogP contribution in [0.25, 0.3) is 0 Å². The molecule has 0 saturated carbocycles. The second-order valence-corrected chi connectivity index (χ2v) is 5.95. The summed E-state index contributed by atoms with van der Waals surface area (Å²) in [5, 5.41) is 0.698. The van der Waals surface area contributed by atoms with Crippen LogP contribution >= 0.6 is 23.4 Å².